The van der Waals surface area contributed by atoms with Crippen LogP contribution in [0.5, 0.6) is 0 Å². The van der Waals surface area contributed by atoms with Crippen LogP contribution < -0.4 is 5.90 Å². The van der Waals surface area contributed by atoms with Gasteiger partial charge in [-0.05, 0) is 11.1 Å². The Morgan fingerprint density at radius 1 is 1.46 bits per heavy atom. The van der Waals surface area contributed by atoms with Gasteiger partial charge in [0.05, 0.1) is 19.8 Å². The molecule has 0 aliphatic carbocycles. The van der Waals surface area contributed by atoms with E-state index < -0.39 is 0 Å². The van der Waals surface area contributed by atoms with Crippen molar-refractivity contribution in [1.82, 2.24) is 0 Å². The summed E-state index contributed by atoms with van der Waals surface area (Å²) in [7, 11) is 0. The topological polar surface area (TPSA) is 44.5 Å². The van der Waals surface area contributed by atoms with Crippen LogP contribution in [0.25, 0.3) is 0 Å². The van der Waals surface area contributed by atoms with Crippen molar-refractivity contribution in [2.45, 2.75) is 12.5 Å². The van der Waals surface area contributed by atoms with E-state index in [1.54, 1.807) is 0 Å². The molecule has 1 saturated heterocycles. The van der Waals surface area contributed by atoms with Gasteiger partial charge in [-0.2, -0.15) is 0 Å². The van der Waals surface area contributed by atoms with Crippen LogP contribution in [-0.2, 0) is 16.2 Å². The molecule has 1 aliphatic heterocycles. The summed E-state index contributed by atoms with van der Waals surface area (Å²) in [5.41, 5.74) is 2.44. The number of hydrogen-bond acceptors (Lipinski definition) is 3. The molecule has 1 fully saturated rings. The van der Waals surface area contributed by atoms with Crippen molar-refractivity contribution in [3.63, 3.8) is 0 Å². The molecule has 2 rings (SSSR count). The normalized spacial score (nSPS) is 17.0. The number of benzene rings is 1. The van der Waals surface area contributed by atoms with Gasteiger partial charge >= 0.3 is 0 Å². The molecule has 0 radical (unpaired) electrons. The van der Waals surface area contributed by atoms with Crippen molar-refractivity contribution in [2.24, 2.45) is 5.90 Å². The van der Waals surface area contributed by atoms with Crippen LogP contribution >= 0.6 is 0 Å². The molecule has 0 unspecified atom stereocenters. The average molecular weight is 179 g/mol. The predicted molar refractivity (Wildman–Crippen MR) is 49.0 cm³/mol. The van der Waals surface area contributed by atoms with Crippen LogP contribution in [-0.4, -0.2) is 13.2 Å². The van der Waals surface area contributed by atoms with Crippen molar-refractivity contribution in [1.29, 1.82) is 0 Å². The Bertz CT molecular complexity index is 284. The molecule has 0 aromatic heterocycles. The molecule has 0 saturated carbocycles. The first-order valence-electron chi connectivity index (χ1n) is 4.38. The maximum atomic E-state index is 5.13. The first-order chi connectivity index (χ1) is 6.40. The van der Waals surface area contributed by atoms with Gasteiger partial charge in [0.1, 0.15) is 0 Å². The lowest BCUT2D eigenvalue weighted by molar-refractivity contribution is 0.00832. The minimum absolute atomic E-state index is 0.474. The third kappa shape index (κ3) is 1.88. The molecule has 1 aromatic carbocycles. The molecule has 0 spiro atoms. The van der Waals surface area contributed by atoms with E-state index in [4.69, 9.17) is 10.6 Å². The second-order valence-electron chi connectivity index (χ2n) is 3.29. The number of hydrogen-bond donors (Lipinski definition) is 1. The van der Waals surface area contributed by atoms with Crippen LogP contribution in [0.2, 0.25) is 0 Å². The Hall–Kier alpha value is -0.900. The summed E-state index contributed by atoms with van der Waals surface area (Å²) in [5.74, 6) is 5.58. The van der Waals surface area contributed by atoms with Crippen LogP contribution in [0, 0.1) is 0 Å². The van der Waals surface area contributed by atoms with Crippen LogP contribution in [0.3, 0.4) is 0 Å². The highest BCUT2D eigenvalue weighted by molar-refractivity contribution is 5.27. The lowest BCUT2D eigenvalue weighted by Crippen LogP contribution is -2.25. The third-order valence-electron chi connectivity index (χ3n) is 2.31. The maximum absolute atomic E-state index is 5.13. The molecule has 1 aliphatic rings. The molecular formula is C10H13NO2. The van der Waals surface area contributed by atoms with E-state index in [0.29, 0.717) is 12.5 Å². The van der Waals surface area contributed by atoms with Gasteiger partial charge in [-0.1, -0.05) is 24.3 Å². The third-order valence-corrected chi connectivity index (χ3v) is 2.31. The Morgan fingerprint density at radius 2 is 2.31 bits per heavy atom. The van der Waals surface area contributed by atoms with Gasteiger partial charge in [0.25, 0.3) is 0 Å². The summed E-state index contributed by atoms with van der Waals surface area (Å²) in [6.45, 7) is 2.15. The Morgan fingerprint density at radius 3 is 2.92 bits per heavy atom. The van der Waals surface area contributed by atoms with E-state index in [9.17, 15) is 0 Å². The number of ether oxygens (including phenoxy) is 1. The number of nitrogens with two attached hydrogens (primary N) is 1. The second-order valence-corrected chi connectivity index (χ2v) is 3.29. The monoisotopic (exact) mass is 179 g/mol. The first-order valence-corrected chi connectivity index (χ1v) is 4.38. The summed E-state index contributed by atoms with van der Waals surface area (Å²) in [5, 5.41) is 0. The molecular weight excluding hydrogens is 166 g/mol. The van der Waals surface area contributed by atoms with E-state index in [0.717, 1.165) is 18.8 Å². The average Bonchev–Trinajstić information content (AvgIpc) is 2.02. The van der Waals surface area contributed by atoms with E-state index in [2.05, 4.69) is 17.0 Å². The van der Waals surface area contributed by atoms with Gasteiger partial charge in [-0.15, -0.1) is 0 Å². The highest BCUT2D eigenvalue weighted by Crippen LogP contribution is 2.24. The lowest BCUT2D eigenvalue weighted by atomic mass is 9.96. The summed E-state index contributed by atoms with van der Waals surface area (Å²) in [6, 6.07) is 8.28. The molecule has 70 valence electrons. The van der Waals surface area contributed by atoms with Gasteiger partial charge in [-0.3, -0.25) is 4.84 Å². The lowest BCUT2D eigenvalue weighted by Gasteiger charge is -2.26. The SMILES string of the molecule is NOCc1cccc(C2COC2)c1. The Balaban J connectivity index is 2.11. The zero-order valence-electron chi connectivity index (χ0n) is 7.40. The first kappa shape index (κ1) is 8.69. The highest BCUT2D eigenvalue weighted by Gasteiger charge is 2.20. The summed E-state index contributed by atoms with van der Waals surface area (Å²) >= 11 is 0. The Kier molecular flexibility index (Phi) is 2.59. The van der Waals surface area contributed by atoms with E-state index in [1.165, 1.54) is 5.56 Å². The van der Waals surface area contributed by atoms with Gasteiger partial charge in [0, 0.05) is 5.92 Å². The van der Waals surface area contributed by atoms with Crippen molar-refractivity contribution >= 4 is 0 Å². The zero-order valence-corrected chi connectivity index (χ0v) is 7.40. The minimum Gasteiger partial charge on any atom is -0.380 e. The summed E-state index contributed by atoms with van der Waals surface area (Å²) < 4.78 is 5.13. The summed E-state index contributed by atoms with van der Waals surface area (Å²) in [6.07, 6.45) is 0. The second kappa shape index (κ2) is 3.87. The fourth-order valence-corrected chi connectivity index (χ4v) is 1.46. The smallest absolute Gasteiger partial charge is 0.0930 e. The van der Waals surface area contributed by atoms with Gasteiger partial charge in [0.15, 0.2) is 0 Å². The fraction of sp³-hybridized carbons (Fsp3) is 0.400. The molecule has 1 aromatic rings. The largest absolute Gasteiger partial charge is 0.380 e. The quantitative estimate of drug-likeness (QED) is 0.709. The standard InChI is InChI=1S/C10H13NO2/c11-13-5-8-2-1-3-9(4-8)10-6-12-7-10/h1-4,10H,5-7,11H2. The van der Waals surface area contributed by atoms with Gasteiger partial charge in [0.2, 0.25) is 0 Å². The molecule has 0 amide bonds. The van der Waals surface area contributed by atoms with Crippen molar-refractivity contribution in [2.75, 3.05) is 13.2 Å². The van der Waals surface area contributed by atoms with Gasteiger partial charge < -0.3 is 4.74 Å². The minimum atomic E-state index is 0.474. The molecule has 0 bridgehead atoms. The number of rotatable bonds is 3. The van der Waals surface area contributed by atoms with Crippen molar-refractivity contribution < 1.29 is 9.57 Å². The van der Waals surface area contributed by atoms with Crippen LogP contribution in [0.4, 0.5) is 0 Å². The molecule has 2 N–H and O–H groups in total. The van der Waals surface area contributed by atoms with E-state index >= 15 is 0 Å². The molecule has 3 nitrogen and oxygen atoms in total. The van der Waals surface area contributed by atoms with Gasteiger partial charge in [-0.25, -0.2) is 5.90 Å². The maximum Gasteiger partial charge on any atom is 0.0930 e. The molecule has 3 heteroatoms. The van der Waals surface area contributed by atoms with Crippen molar-refractivity contribution in [3.05, 3.63) is 35.4 Å². The zero-order chi connectivity index (χ0) is 9.10. The predicted octanol–water partition coefficient (Wildman–Crippen LogP) is 1.19. The van der Waals surface area contributed by atoms with E-state index in [-0.39, 0.29) is 0 Å². The van der Waals surface area contributed by atoms with E-state index in [1.807, 2.05) is 12.1 Å². The van der Waals surface area contributed by atoms with Crippen molar-refractivity contribution in [3.8, 4) is 0 Å². The Labute approximate surface area is 77.4 Å². The summed E-state index contributed by atoms with van der Waals surface area (Å²) in [4.78, 5) is 4.58. The fourth-order valence-electron chi connectivity index (χ4n) is 1.46. The molecule has 1 heterocycles. The van der Waals surface area contributed by atoms with Crippen LogP contribution in [0.1, 0.15) is 17.0 Å². The highest BCUT2D eigenvalue weighted by atomic mass is 16.6. The molecule has 0 atom stereocenters. The van der Waals surface area contributed by atoms with Crippen LogP contribution in [0.15, 0.2) is 24.3 Å². The molecule has 13 heavy (non-hydrogen) atoms.